The predicted octanol–water partition coefficient (Wildman–Crippen LogP) is 9.07. The van der Waals surface area contributed by atoms with Crippen LogP contribution in [0.2, 0.25) is 0 Å². The Morgan fingerprint density at radius 1 is 0.469 bits per heavy atom. The fourth-order valence-electron chi connectivity index (χ4n) is 5.97. The lowest BCUT2D eigenvalue weighted by Gasteiger charge is -2.46. The average Bonchev–Trinajstić information content (AvgIpc) is 2.74. The van der Waals surface area contributed by atoms with Crippen molar-refractivity contribution in [2.24, 2.45) is 0 Å². The number of alkyl halides is 1. The summed E-state index contributed by atoms with van der Waals surface area (Å²) in [4.78, 5) is -0.281. The third-order valence-corrected chi connectivity index (χ3v) is 7.05. The van der Waals surface area contributed by atoms with Crippen LogP contribution in [0.15, 0.2) is 91.0 Å². The molecule has 32 heavy (non-hydrogen) atoms. The first kappa shape index (κ1) is 24.6. The summed E-state index contributed by atoms with van der Waals surface area (Å²) in [7, 11) is 0. The van der Waals surface area contributed by atoms with E-state index in [1.807, 2.05) is 0 Å². The summed E-state index contributed by atoms with van der Waals surface area (Å²) < 4.78 is 0. The second-order valence-corrected chi connectivity index (χ2v) is 12.4. The van der Waals surface area contributed by atoms with Crippen LogP contribution in [0.4, 0.5) is 0 Å². The van der Waals surface area contributed by atoms with Crippen molar-refractivity contribution in [2.45, 2.75) is 81.9 Å². The van der Waals surface area contributed by atoms with Crippen LogP contribution in [-0.4, -0.2) is 4.87 Å². The zero-order valence-corrected chi connectivity index (χ0v) is 21.4. The van der Waals surface area contributed by atoms with E-state index in [0.29, 0.717) is 0 Å². The molecule has 0 saturated carbocycles. The van der Waals surface area contributed by atoms with Gasteiger partial charge in [0.1, 0.15) is 0 Å². The third kappa shape index (κ3) is 6.04. The molecule has 3 aromatic rings. The Hall–Kier alpha value is -2.05. The lowest BCUT2D eigenvalue weighted by atomic mass is 9.59. The topological polar surface area (TPSA) is 0 Å². The zero-order chi connectivity index (χ0) is 23.5. The lowest BCUT2D eigenvalue weighted by Crippen LogP contribution is -2.41. The molecule has 2 atom stereocenters. The van der Waals surface area contributed by atoms with Gasteiger partial charge in [0, 0.05) is 4.87 Å². The maximum absolute atomic E-state index is 6.87. The molecule has 0 aliphatic rings. The molecule has 0 radical (unpaired) electrons. The molecule has 1 heteroatoms. The van der Waals surface area contributed by atoms with Crippen LogP contribution in [0.5, 0.6) is 0 Å². The molecule has 3 aromatic carbocycles. The highest BCUT2D eigenvalue weighted by molar-refractivity contribution is 6.23. The lowest BCUT2D eigenvalue weighted by molar-refractivity contribution is 0.227. The summed E-state index contributed by atoms with van der Waals surface area (Å²) in [6, 6.07) is 33.0. The van der Waals surface area contributed by atoms with Gasteiger partial charge in [0.15, 0.2) is 0 Å². The Bertz CT molecular complexity index is 969. The van der Waals surface area contributed by atoms with Crippen LogP contribution in [0.1, 0.15) is 77.5 Å². The van der Waals surface area contributed by atoms with Crippen LogP contribution in [0, 0.1) is 0 Å². The summed E-state index contributed by atoms with van der Waals surface area (Å²) in [5.41, 5.74) is 4.13. The minimum Gasteiger partial charge on any atom is -0.120 e. The molecule has 0 N–H and O–H groups in total. The summed E-state index contributed by atoms with van der Waals surface area (Å²) >= 11 is 6.87. The van der Waals surface area contributed by atoms with E-state index >= 15 is 0 Å². The van der Waals surface area contributed by atoms with Crippen LogP contribution < -0.4 is 0 Å². The molecule has 2 unspecified atom stereocenters. The Morgan fingerprint density at radius 2 is 0.812 bits per heavy atom. The highest BCUT2D eigenvalue weighted by Crippen LogP contribution is 2.49. The molecule has 0 bridgehead atoms. The smallest absolute Gasteiger partial charge is 0.0399 e. The maximum atomic E-state index is 6.87. The van der Waals surface area contributed by atoms with Crippen molar-refractivity contribution in [3.8, 4) is 0 Å². The fourth-order valence-corrected chi connectivity index (χ4v) is 6.26. The van der Waals surface area contributed by atoms with Crippen molar-refractivity contribution < 1.29 is 0 Å². The van der Waals surface area contributed by atoms with E-state index in [2.05, 4.69) is 133 Å². The van der Waals surface area contributed by atoms with Crippen molar-refractivity contribution >= 4 is 11.6 Å². The first-order chi connectivity index (χ1) is 14.9. The van der Waals surface area contributed by atoms with E-state index < -0.39 is 0 Å². The highest BCUT2D eigenvalue weighted by atomic mass is 35.5. The standard InChI is InChI=1S/C31H39Cl/c1-28(2,25-16-10-7-11-17-25)22-30(5,26-18-12-8-13-19-26)24-31(6,23-29(3,4)32)27-20-14-9-15-21-27/h7-21H,22-24H2,1-6H3. The number of rotatable bonds is 9. The number of halogens is 1. The van der Waals surface area contributed by atoms with Gasteiger partial charge >= 0.3 is 0 Å². The SMILES string of the molecule is CC(C)(Cl)CC(C)(CC(C)(CC(C)(C)c1ccccc1)c1ccccc1)c1ccccc1. The zero-order valence-electron chi connectivity index (χ0n) is 20.7. The Labute approximate surface area is 201 Å². The molecule has 0 aliphatic carbocycles. The van der Waals surface area contributed by atoms with Gasteiger partial charge < -0.3 is 0 Å². The maximum Gasteiger partial charge on any atom is 0.0399 e. The van der Waals surface area contributed by atoms with Gasteiger partial charge in [-0.25, -0.2) is 0 Å². The number of benzene rings is 3. The van der Waals surface area contributed by atoms with Gasteiger partial charge in [-0.2, -0.15) is 0 Å². The number of hydrogen-bond donors (Lipinski definition) is 0. The molecule has 170 valence electrons. The van der Waals surface area contributed by atoms with E-state index in [4.69, 9.17) is 11.6 Å². The molecule has 0 aliphatic heterocycles. The van der Waals surface area contributed by atoms with Gasteiger partial charge in [0.05, 0.1) is 0 Å². The average molecular weight is 447 g/mol. The van der Waals surface area contributed by atoms with Gasteiger partial charge in [0.2, 0.25) is 0 Å². The second kappa shape index (κ2) is 9.44. The van der Waals surface area contributed by atoms with E-state index in [1.54, 1.807) is 0 Å². The van der Waals surface area contributed by atoms with E-state index in [1.165, 1.54) is 16.7 Å². The Morgan fingerprint density at radius 3 is 1.19 bits per heavy atom. The minimum absolute atomic E-state index is 0.0205. The quantitative estimate of drug-likeness (QED) is 0.287. The molecule has 0 heterocycles. The van der Waals surface area contributed by atoms with E-state index in [-0.39, 0.29) is 21.1 Å². The van der Waals surface area contributed by atoms with Crippen LogP contribution in [0.3, 0.4) is 0 Å². The minimum atomic E-state index is -0.281. The monoisotopic (exact) mass is 446 g/mol. The summed E-state index contributed by atoms with van der Waals surface area (Å²) in [5.74, 6) is 0. The van der Waals surface area contributed by atoms with Crippen LogP contribution >= 0.6 is 11.6 Å². The molecule has 0 spiro atoms. The van der Waals surface area contributed by atoms with Gasteiger partial charge in [-0.15, -0.1) is 11.6 Å². The summed E-state index contributed by atoms with van der Waals surface area (Å²) in [5, 5.41) is 0. The largest absolute Gasteiger partial charge is 0.120 e. The van der Waals surface area contributed by atoms with Gasteiger partial charge in [0.25, 0.3) is 0 Å². The molecule has 3 rings (SSSR count). The predicted molar refractivity (Wildman–Crippen MR) is 141 cm³/mol. The summed E-state index contributed by atoms with van der Waals surface area (Å²) in [6.45, 7) is 13.9. The van der Waals surface area contributed by atoms with E-state index in [0.717, 1.165) is 19.3 Å². The molecule has 0 aromatic heterocycles. The molecular formula is C31H39Cl. The molecule has 0 saturated heterocycles. The van der Waals surface area contributed by atoms with Crippen molar-refractivity contribution in [1.82, 2.24) is 0 Å². The second-order valence-electron chi connectivity index (χ2n) is 11.4. The van der Waals surface area contributed by atoms with Gasteiger partial charge in [-0.05, 0) is 66.0 Å². The number of hydrogen-bond acceptors (Lipinski definition) is 0. The molecule has 0 fully saturated rings. The molecular weight excluding hydrogens is 408 g/mol. The van der Waals surface area contributed by atoms with E-state index in [9.17, 15) is 0 Å². The first-order valence-corrected chi connectivity index (χ1v) is 12.2. The molecule has 0 nitrogen and oxygen atoms in total. The fraction of sp³-hybridized carbons (Fsp3) is 0.419. The van der Waals surface area contributed by atoms with Crippen molar-refractivity contribution in [2.75, 3.05) is 0 Å². The Kier molecular flexibility index (Phi) is 7.25. The summed E-state index contributed by atoms with van der Waals surface area (Å²) in [6.07, 6.45) is 3.00. The van der Waals surface area contributed by atoms with Crippen molar-refractivity contribution in [3.05, 3.63) is 108 Å². The van der Waals surface area contributed by atoms with Crippen molar-refractivity contribution in [3.63, 3.8) is 0 Å². The first-order valence-electron chi connectivity index (χ1n) is 11.8. The van der Waals surface area contributed by atoms with Gasteiger partial charge in [-0.3, -0.25) is 0 Å². The normalized spacial score (nSPS) is 16.2. The van der Waals surface area contributed by atoms with Crippen LogP contribution in [0.25, 0.3) is 0 Å². The highest BCUT2D eigenvalue weighted by Gasteiger charge is 2.43. The van der Waals surface area contributed by atoms with Crippen molar-refractivity contribution in [1.29, 1.82) is 0 Å². The van der Waals surface area contributed by atoms with Crippen LogP contribution in [-0.2, 0) is 16.2 Å². The Balaban J connectivity index is 2.08. The van der Waals surface area contributed by atoms with Gasteiger partial charge in [-0.1, -0.05) is 119 Å². The molecule has 0 amide bonds. The third-order valence-electron chi connectivity index (χ3n) is 6.92.